The van der Waals surface area contributed by atoms with Crippen molar-refractivity contribution in [1.29, 1.82) is 0 Å². The van der Waals surface area contributed by atoms with Crippen molar-refractivity contribution >= 4 is 29.3 Å². The minimum Gasteiger partial charge on any atom is -0.444 e. The highest BCUT2D eigenvalue weighted by Crippen LogP contribution is 2.31. The molecule has 2 aromatic heterocycles. The summed E-state index contributed by atoms with van der Waals surface area (Å²) in [6, 6.07) is 4.03. The molecule has 3 aliphatic rings. The maximum Gasteiger partial charge on any atom is 0.410 e. The van der Waals surface area contributed by atoms with Gasteiger partial charge in [-0.25, -0.2) is 9.78 Å². The molecule has 0 radical (unpaired) electrons. The van der Waals surface area contributed by atoms with Crippen LogP contribution >= 0.6 is 0 Å². The van der Waals surface area contributed by atoms with Gasteiger partial charge in [-0.05, 0) is 77.3 Å². The van der Waals surface area contributed by atoms with E-state index in [1.807, 2.05) is 44.0 Å². The van der Waals surface area contributed by atoms with E-state index >= 15 is 0 Å². The Bertz CT molecular complexity index is 1160. The van der Waals surface area contributed by atoms with Crippen LogP contribution in [0, 0.1) is 5.92 Å². The number of hydrogen-bond acceptors (Lipinski definition) is 8. The third-order valence-corrected chi connectivity index (χ3v) is 7.98. The Labute approximate surface area is 237 Å². The van der Waals surface area contributed by atoms with Crippen molar-refractivity contribution in [1.82, 2.24) is 19.9 Å². The lowest BCUT2D eigenvalue weighted by Crippen LogP contribution is -2.53. The Balaban J connectivity index is 1.18. The fourth-order valence-electron chi connectivity index (χ4n) is 5.66. The number of rotatable bonds is 8. The number of nitrogens with one attached hydrogen (secondary N) is 1. The normalized spacial score (nSPS) is 19.7. The van der Waals surface area contributed by atoms with Gasteiger partial charge >= 0.3 is 6.09 Å². The number of nitrogens with zero attached hydrogens (tertiary/aromatic N) is 6. The third-order valence-electron chi connectivity index (χ3n) is 7.98. The highest BCUT2D eigenvalue weighted by atomic mass is 16.6. The van der Waals surface area contributed by atoms with Gasteiger partial charge in [-0.3, -0.25) is 14.8 Å². The van der Waals surface area contributed by atoms with Crippen LogP contribution in [0.2, 0.25) is 0 Å². The predicted molar refractivity (Wildman–Crippen MR) is 156 cm³/mol. The van der Waals surface area contributed by atoms with E-state index in [-0.39, 0.29) is 24.5 Å². The summed E-state index contributed by atoms with van der Waals surface area (Å²) < 4.78 is 5.80. The van der Waals surface area contributed by atoms with Gasteiger partial charge in [0.05, 0.1) is 36.7 Å². The minimum absolute atomic E-state index is 0.104. The first kappa shape index (κ1) is 28.1. The number of pyridine rings is 1. The summed E-state index contributed by atoms with van der Waals surface area (Å²) in [5, 5.41) is 2.86. The number of anilines is 3. The molecule has 1 N–H and O–H groups in total. The molecule has 216 valence electrons. The first-order chi connectivity index (χ1) is 19.2. The van der Waals surface area contributed by atoms with Crippen molar-refractivity contribution in [3.8, 4) is 0 Å². The van der Waals surface area contributed by atoms with Gasteiger partial charge in [0, 0.05) is 38.4 Å². The Morgan fingerprint density at radius 2 is 1.77 bits per heavy atom. The third kappa shape index (κ3) is 7.40. The van der Waals surface area contributed by atoms with E-state index in [1.54, 1.807) is 12.4 Å². The van der Waals surface area contributed by atoms with Crippen LogP contribution in [-0.4, -0.2) is 76.2 Å². The molecule has 3 fully saturated rings. The summed E-state index contributed by atoms with van der Waals surface area (Å²) >= 11 is 0. The molecule has 0 bridgehead atoms. The van der Waals surface area contributed by atoms with Crippen LogP contribution in [0.25, 0.3) is 0 Å². The first-order valence-electron chi connectivity index (χ1n) is 14.8. The molecule has 2 amide bonds. The maximum absolute atomic E-state index is 13.2. The molecule has 2 aliphatic heterocycles. The van der Waals surface area contributed by atoms with E-state index < -0.39 is 5.60 Å². The Kier molecular flexibility index (Phi) is 8.71. The highest BCUT2D eigenvalue weighted by Gasteiger charge is 2.34. The SMILES string of the molecule is CC(C)(C)OC(=O)N(CC1CCC1)[C@@H]1CCCN(c2ccc(CC(=O)Nc3cncc(N4CCCC4)n3)nc2)C1. The van der Waals surface area contributed by atoms with Crippen molar-refractivity contribution in [3.63, 3.8) is 0 Å². The second-order valence-electron chi connectivity index (χ2n) is 12.4. The summed E-state index contributed by atoms with van der Waals surface area (Å²) in [7, 11) is 0. The van der Waals surface area contributed by atoms with E-state index in [2.05, 4.69) is 30.1 Å². The lowest BCUT2D eigenvalue weighted by molar-refractivity contribution is -0.115. The number of amides is 2. The van der Waals surface area contributed by atoms with Gasteiger partial charge in [0.2, 0.25) is 5.91 Å². The average Bonchev–Trinajstić information content (AvgIpc) is 3.43. The fraction of sp³-hybridized carbons (Fsp3) is 0.633. The number of carbonyl (C=O) groups excluding carboxylic acids is 2. The molecule has 1 aliphatic carbocycles. The molecule has 2 aromatic rings. The van der Waals surface area contributed by atoms with Crippen LogP contribution in [0.15, 0.2) is 30.7 Å². The lowest BCUT2D eigenvalue weighted by atomic mass is 9.84. The minimum atomic E-state index is -0.515. The van der Waals surface area contributed by atoms with Crippen molar-refractivity contribution < 1.29 is 14.3 Å². The Hall–Kier alpha value is -3.43. The van der Waals surface area contributed by atoms with Gasteiger partial charge in [0.15, 0.2) is 5.82 Å². The van der Waals surface area contributed by atoms with Crippen molar-refractivity contribution in [2.24, 2.45) is 5.92 Å². The molecule has 10 heteroatoms. The average molecular weight is 550 g/mol. The van der Waals surface area contributed by atoms with Crippen LogP contribution in [0.5, 0.6) is 0 Å². The smallest absolute Gasteiger partial charge is 0.410 e. The zero-order valence-electron chi connectivity index (χ0n) is 24.1. The van der Waals surface area contributed by atoms with Gasteiger partial charge in [-0.15, -0.1) is 0 Å². The molecular formula is C30H43N7O3. The molecule has 0 aromatic carbocycles. The van der Waals surface area contributed by atoms with E-state index in [9.17, 15) is 9.59 Å². The van der Waals surface area contributed by atoms with Crippen molar-refractivity contribution in [2.75, 3.05) is 47.8 Å². The predicted octanol–water partition coefficient (Wildman–Crippen LogP) is 4.66. The van der Waals surface area contributed by atoms with Crippen LogP contribution in [0.4, 0.5) is 22.1 Å². The van der Waals surface area contributed by atoms with E-state index in [4.69, 9.17) is 4.74 Å². The molecule has 2 saturated heterocycles. The van der Waals surface area contributed by atoms with Crippen LogP contribution in [0.1, 0.15) is 71.4 Å². The van der Waals surface area contributed by atoms with Crippen molar-refractivity contribution in [3.05, 3.63) is 36.4 Å². The maximum atomic E-state index is 13.2. The molecule has 0 unspecified atom stereocenters. The van der Waals surface area contributed by atoms with Gasteiger partial charge < -0.3 is 24.8 Å². The van der Waals surface area contributed by atoms with Crippen molar-refractivity contribution in [2.45, 2.75) is 83.8 Å². The van der Waals surface area contributed by atoms with Crippen LogP contribution < -0.4 is 15.1 Å². The number of carbonyl (C=O) groups is 2. The number of ether oxygens (including phenoxy) is 1. The van der Waals surface area contributed by atoms with Crippen LogP contribution in [0.3, 0.4) is 0 Å². The molecule has 1 atom stereocenters. The molecular weight excluding hydrogens is 506 g/mol. The molecule has 0 spiro atoms. The quantitative estimate of drug-likeness (QED) is 0.507. The monoisotopic (exact) mass is 549 g/mol. The zero-order valence-corrected chi connectivity index (χ0v) is 24.1. The summed E-state index contributed by atoms with van der Waals surface area (Å²) in [5.74, 6) is 1.66. The largest absolute Gasteiger partial charge is 0.444 e. The molecule has 40 heavy (non-hydrogen) atoms. The second kappa shape index (κ2) is 12.4. The standard InChI is InChI=1S/C30H43N7O3/c1-30(2,3)40-29(39)37(20-22-8-6-9-22)25-10-7-15-36(21-25)24-12-11-23(32-17-24)16-28(38)34-26-18-31-19-27(33-26)35-13-4-5-14-35/h11-12,17-19,22,25H,4-10,13-16,20-21H2,1-3H3,(H,33,34,38)/t25-/m1/s1. The Morgan fingerprint density at radius 1 is 1.00 bits per heavy atom. The van der Waals surface area contributed by atoms with E-state index in [1.165, 1.54) is 19.3 Å². The first-order valence-corrected chi connectivity index (χ1v) is 14.8. The zero-order chi connectivity index (χ0) is 28.1. The molecule has 5 rings (SSSR count). The number of piperidine rings is 1. The van der Waals surface area contributed by atoms with Gasteiger partial charge in [0.25, 0.3) is 0 Å². The summed E-state index contributed by atoms with van der Waals surface area (Å²) in [6.07, 6.45) is 13.0. The summed E-state index contributed by atoms with van der Waals surface area (Å²) in [4.78, 5) is 45.7. The summed E-state index contributed by atoms with van der Waals surface area (Å²) in [6.45, 7) is 10.1. The summed E-state index contributed by atoms with van der Waals surface area (Å²) in [5.41, 5.74) is 1.18. The van der Waals surface area contributed by atoms with Gasteiger partial charge in [0.1, 0.15) is 11.4 Å². The lowest BCUT2D eigenvalue weighted by Gasteiger charge is -2.43. The topological polar surface area (TPSA) is 104 Å². The number of hydrogen-bond donors (Lipinski definition) is 1. The molecule has 10 nitrogen and oxygen atoms in total. The molecule has 1 saturated carbocycles. The molecule has 4 heterocycles. The Morgan fingerprint density at radius 3 is 2.45 bits per heavy atom. The second-order valence-corrected chi connectivity index (χ2v) is 12.4. The van der Waals surface area contributed by atoms with Crippen LogP contribution in [-0.2, 0) is 16.0 Å². The number of aromatic nitrogens is 3. The van der Waals surface area contributed by atoms with Gasteiger partial charge in [-0.1, -0.05) is 6.42 Å². The van der Waals surface area contributed by atoms with E-state index in [0.29, 0.717) is 17.4 Å². The highest BCUT2D eigenvalue weighted by molar-refractivity contribution is 5.91. The van der Waals surface area contributed by atoms with Gasteiger partial charge in [-0.2, -0.15) is 0 Å². The van der Waals surface area contributed by atoms with E-state index in [0.717, 1.165) is 69.9 Å². The fourth-order valence-corrected chi connectivity index (χ4v) is 5.66.